The van der Waals surface area contributed by atoms with Gasteiger partial charge < -0.3 is 9.64 Å². The van der Waals surface area contributed by atoms with E-state index in [-0.39, 0.29) is 17.9 Å². The van der Waals surface area contributed by atoms with Crippen LogP contribution in [0.4, 0.5) is 4.79 Å². The van der Waals surface area contributed by atoms with Crippen LogP contribution in [0, 0.1) is 5.92 Å². The Morgan fingerprint density at radius 1 is 1.29 bits per heavy atom. The molecular formula is C17H19NO3. The van der Waals surface area contributed by atoms with Crippen LogP contribution in [0.5, 0.6) is 5.75 Å². The molecule has 0 bridgehead atoms. The van der Waals surface area contributed by atoms with Crippen molar-refractivity contribution in [3.05, 3.63) is 42.0 Å². The Kier molecular flexibility index (Phi) is 3.78. The highest BCUT2D eigenvalue weighted by Gasteiger charge is 2.38. The molecule has 110 valence electrons. The average molecular weight is 285 g/mol. The summed E-state index contributed by atoms with van der Waals surface area (Å²) in [5.74, 6) is 1.20. The number of ketones is 1. The summed E-state index contributed by atoms with van der Waals surface area (Å²) in [5.41, 5.74) is 0.796. The van der Waals surface area contributed by atoms with Gasteiger partial charge in [0.2, 0.25) is 0 Å². The highest BCUT2D eigenvalue weighted by Crippen LogP contribution is 2.32. The number of para-hydroxylation sites is 1. The van der Waals surface area contributed by atoms with Crippen LogP contribution in [-0.2, 0) is 4.79 Å². The van der Waals surface area contributed by atoms with E-state index in [0.717, 1.165) is 18.4 Å². The van der Waals surface area contributed by atoms with Crippen LogP contribution < -0.4 is 4.74 Å². The van der Waals surface area contributed by atoms with E-state index in [9.17, 15) is 9.59 Å². The molecule has 1 heterocycles. The summed E-state index contributed by atoms with van der Waals surface area (Å²) in [4.78, 5) is 26.1. The van der Waals surface area contributed by atoms with Crippen LogP contribution in [0.1, 0.15) is 26.2 Å². The van der Waals surface area contributed by atoms with Crippen LogP contribution in [-0.4, -0.2) is 29.4 Å². The van der Waals surface area contributed by atoms with Gasteiger partial charge >= 0.3 is 6.09 Å². The second kappa shape index (κ2) is 5.72. The van der Waals surface area contributed by atoms with E-state index in [1.54, 1.807) is 17.0 Å². The molecule has 1 aliphatic carbocycles. The van der Waals surface area contributed by atoms with Gasteiger partial charge in [-0.15, -0.1) is 0 Å². The molecule has 0 saturated carbocycles. The van der Waals surface area contributed by atoms with E-state index >= 15 is 0 Å². The lowest BCUT2D eigenvalue weighted by Crippen LogP contribution is -2.50. The minimum absolute atomic E-state index is 0.119. The van der Waals surface area contributed by atoms with Gasteiger partial charge in [-0.05, 0) is 30.9 Å². The molecule has 1 aliphatic heterocycles. The monoisotopic (exact) mass is 285 g/mol. The number of rotatable bonds is 1. The maximum absolute atomic E-state index is 12.4. The number of fused-ring (bicyclic) bond motifs is 1. The number of carbonyl (C=O) groups excluding carboxylic acids is 2. The van der Waals surface area contributed by atoms with Crippen molar-refractivity contribution in [2.45, 2.75) is 32.2 Å². The smallest absolute Gasteiger partial charge is 0.410 e. The van der Waals surface area contributed by atoms with Gasteiger partial charge in [-0.2, -0.15) is 0 Å². The molecule has 1 aromatic carbocycles. The van der Waals surface area contributed by atoms with Crippen LogP contribution >= 0.6 is 0 Å². The third-order valence-corrected chi connectivity index (χ3v) is 4.19. The van der Waals surface area contributed by atoms with Gasteiger partial charge in [0.05, 0.1) is 6.04 Å². The van der Waals surface area contributed by atoms with Crippen molar-refractivity contribution in [3.8, 4) is 5.75 Å². The first-order valence-electron chi connectivity index (χ1n) is 7.42. The third-order valence-electron chi connectivity index (χ3n) is 4.19. The lowest BCUT2D eigenvalue weighted by Gasteiger charge is -2.39. The maximum Gasteiger partial charge on any atom is 0.415 e. The predicted molar refractivity (Wildman–Crippen MR) is 79.1 cm³/mol. The molecule has 2 atom stereocenters. The minimum atomic E-state index is -0.362. The number of ether oxygens (including phenoxy) is 1. The van der Waals surface area contributed by atoms with Gasteiger partial charge in [0.1, 0.15) is 5.75 Å². The van der Waals surface area contributed by atoms with Crippen LogP contribution in [0.15, 0.2) is 42.0 Å². The fourth-order valence-corrected chi connectivity index (χ4v) is 3.05. The number of hydrogen-bond donors (Lipinski definition) is 0. The largest absolute Gasteiger partial charge is 0.415 e. The number of hydrogen-bond acceptors (Lipinski definition) is 3. The number of Topliss-reactive ketones (excluding diaryl/α,β-unsaturated/α-hetero) is 1. The normalized spacial score (nSPS) is 25.1. The van der Waals surface area contributed by atoms with Gasteiger partial charge in [-0.25, -0.2) is 4.79 Å². The molecule has 4 nitrogen and oxygen atoms in total. The molecule has 0 spiro atoms. The van der Waals surface area contributed by atoms with Crippen LogP contribution in [0.25, 0.3) is 0 Å². The topological polar surface area (TPSA) is 46.6 Å². The highest BCUT2D eigenvalue weighted by molar-refractivity contribution is 5.98. The lowest BCUT2D eigenvalue weighted by atomic mass is 9.81. The standard InChI is InChI=1S/C17H19NO3/c1-12-7-8-14-15(11-12)18(10-9-16(14)19)17(20)21-13-5-3-2-4-6-13/h2-6,8,12,15H,7,9-11H2,1H3/t12-,15-/m1/s1. The van der Waals surface area contributed by atoms with Crippen molar-refractivity contribution >= 4 is 11.9 Å². The fraction of sp³-hybridized carbons (Fsp3) is 0.412. The Hall–Kier alpha value is -2.10. The summed E-state index contributed by atoms with van der Waals surface area (Å²) >= 11 is 0. The molecule has 0 unspecified atom stereocenters. The zero-order valence-electron chi connectivity index (χ0n) is 12.1. The van der Waals surface area contributed by atoms with E-state index in [1.165, 1.54) is 0 Å². The Bertz CT molecular complexity index is 579. The number of benzene rings is 1. The second-order valence-electron chi connectivity index (χ2n) is 5.80. The number of allylic oxidation sites excluding steroid dienone is 1. The first kappa shape index (κ1) is 13.9. The van der Waals surface area contributed by atoms with Crippen molar-refractivity contribution in [2.75, 3.05) is 6.54 Å². The Balaban J connectivity index is 1.78. The molecule has 1 fully saturated rings. The number of piperidine rings is 1. The van der Waals surface area contributed by atoms with E-state index in [0.29, 0.717) is 24.6 Å². The summed E-state index contributed by atoms with van der Waals surface area (Å²) in [6.45, 7) is 2.59. The molecule has 0 radical (unpaired) electrons. The SMILES string of the molecule is C[C@@H]1CC=C2C(=O)CCN(C(=O)Oc3ccccc3)[C@@H]2C1. The molecule has 0 N–H and O–H groups in total. The fourth-order valence-electron chi connectivity index (χ4n) is 3.05. The second-order valence-corrected chi connectivity index (χ2v) is 5.80. The Labute approximate surface area is 124 Å². The third kappa shape index (κ3) is 2.84. The zero-order valence-corrected chi connectivity index (χ0v) is 12.1. The Morgan fingerprint density at radius 3 is 2.81 bits per heavy atom. The predicted octanol–water partition coefficient (Wildman–Crippen LogP) is 3.19. The molecule has 4 heteroatoms. The van der Waals surface area contributed by atoms with E-state index in [1.807, 2.05) is 24.3 Å². The van der Waals surface area contributed by atoms with Crippen molar-refractivity contribution in [2.24, 2.45) is 5.92 Å². The van der Waals surface area contributed by atoms with Gasteiger partial charge in [-0.1, -0.05) is 31.2 Å². The molecular weight excluding hydrogens is 266 g/mol. The summed E-state index contributed by atoms with van der Waals surface area (Å²) in [5, 5.41) is 0. The average Bonchev–Trinajstić information content (AvgIpc) is 2.48. The summed E-state index contributed by atoms with van der Waals surface area (Å²) in [6.07, 6.45) is 3.78. The highest BCUT2D eigenvalue weighted by atomic mass is 16.6. The number of nitrogens with zero attached hydrogens (tertiary/aromatic N) is 1. The number of carbonyl (C=O) groups is 2. The lowest BCUT2D eigenvalue weighted by molar-refractivity contribution is -0.118. The quantitative estimate of drug-likeness (QED) is 0.796. The minimum Gasteiger partial charge on any atom is -0.410 e. The molecule has 0 aromatic heterocycles. The van der Waals surface area contributed by atoms with Gasteiger partial charge in [0.15, 0.2) is 5.78 Å². The van der Waals surface area contributed by atoms with E-state index in [4.69, 9.17) is 4.74 Å². The van der Waals surface area contributed by atoms with Crippen LogP contribution in [0.3, 0.4) is 0 Å². The number of amides is 1. The van der Waals surface area contributed by atoms with Crippen molar-refractivity contribution in [1.29, 1.82) is 0 Å². The number of likely N-dealkylation sites (tertiary alicyclic amines) is 1. The first-order valence-corrected chi connectivity index (χ1v) is 7.42. The van der Waals surface area contributed by atoms with Crippen molar-refractivity contribution < 1.29 is 14.3 Å². The first-order chi connectivity index (χ1) is 10.1. The molecule has 1 amide bonds. The van der Waals surface area contributed by atoms with Gasteiger partial charge in [0.25, 0.3) is 0 Å². The molecule has 1 aromatic rings. The van der Waals surface area contributed by atoms with Crippen molar-refractivity contribution in [3.63, 3.8) is 0 Å². The molecule has 2 aliphatic rings. The summed E-state index contributed by atoms with van der Waals surface area (Å²) < 4.78 is 5.42. The summed E-state index contributed by atoms with van der Waals surface area (Å²) in [7, 11) is 0. The maximum atomic E-state index is 12.4. The zero-order chi connectivity index (χ0) is 14.8. The molecule has 21 heavy (non-hydrogen) atoms. The molecule has 1 saturated heterocycles. The summed E-state index contributed by atoms with van der Waals surface area (Å²) in [6, 6.07) is 8.93. The van der Waals surface area contributed by atoms with Gasteiger partial charge in [-0.3, -0.25) is 4.79 Å². The van der Waals surface area contributed by atoms with Gasteiger partial charge in [0, 0.05) is 18.5 Å². The van der Waals surface area contributed by atoms with Crippen molar-refractivity contribution in [1.82, 2.24) is 4.90 Å². The molecule has 3 rings (SSSR count). The van der Waals surface area contributed by atoms with Crippen LogP contribution in [0.2, 0.25) is 0 Å². The van der Waals surface area contributed by atoms with E-state index < -0.39 is 0 Å². The Morgan fingerprint density at radius 2 is 2.05 bits per heavy atom. The van der Waals surface area contributed by atoms with E-state index in [2.05, 4.69) is 6.92 Å².